The van der Waals surface area contributed by atoms with Crippen LogP contribution in [0.3, 0.4) is 0 Å². The van der Waals surface area contributed by atoms with E-state index in [1.807, 2.05) is 20.8 Å². The zero-order chi connectivity index (χ0) is 15.6. The summed E-state index contributed by atoms with van der Waals surface area (Å²) >= 11 is 6.53. The molecule has 0 bridgehead atoms. The maximum Gasteiger partial charge on any atom is 0.242 e. The molecule has 0 aromatic heterocycles. The number of benzene rings is 1. The Labute approximate surface area is 137 Å². The summed E-state index contributed by atoms with van der Waals surface area (Å²) < 4.78 is 28.9. The van der Waals surface area contributed by atoms with E-state index >= 15 is 0 Å². The van der Waals surface area contributed by atoms with Crippen LogP contribution in [0.15, 0.2) is 32.0 Å². The first-order valence-electron chi connectivity index (χ1n) is 6.16. The van der Waals surface area contributed by atoms with Gasteiger partial charge in [0.05, 0.1) is 4.90 Å². The van der Waals surface area contributed by atoms with E-state index in [2.05, 4.69) is 36.6 Å². The molecule has 20 heavy (non-hydrogen) atoms. The Balaban J connectivity index is 3.13. The third kappa shape index (κ3) is 4.80. The fraction of sp³-hybridized carbons (Fsp3) is 0.538. The summed E-state index contributed by atoms with van der Waals surface area (Å²) in [5, 5.41) is 9.11. The summed E-state index contributed by atoms with van der Waals surface area (Å²) in [6.45, 7) is 5.74. The highest BCUT2D eigenvalue weighted by Gasteiger charge is 2.30. The van der Waals surface area contributed by atoms with Gasteiger partial charge in [-0.2, -0.15) is 0 Å². The van der Waals surface area contributed by atoms with E-state index in [0.717, 1.165) is 0 Å². The van der Waals surface area contributed by atoms with Gasteiger partial charge in [-0.05, 0) is 46.0 Å². The highest BCUT2D eigenvalue weighted by atomic mass is 79.9. The lowest BCUT2D eigenvalue weighted by Crippen LogP contribution is -2.44. The second-order valence-electron chi connectivity index (χ2n) is 5.63. The van der Waals surface area contributed by atoms with Crippen LogP contribution < -0.4 is 4.72 Å². The molecule has 0 aliphatic carbocycles. The number of hydrogen-bond donors (Lipinski definition) is 2. The van der Waals surface area contributed by atoms with Gasteiger partial charge in [-0.25, -0.2) is 13.1 Å². The van der Waals surface area contributed by atoms with Crippen LogP contribution in [0.1, 0.15) is 27.2 Å². The number of aliphatic hydroxyl groups is 1. The molecule has 0 aliphatic heterocycles. The van der Waals surface area contributed by atoms with Crippen LogP contribution in [-0.4, -0.2) is 26.2 Å². The predicted molar refractivity (Wildman–Crippen MR) is 87.1 cm³/mol. The van der Waals surface area contributed by atoms with Crippen LogP contribution in [-0.2, 0) is 10.0 Å². The summed E-state index contributed by atoms with van der Waals surface area (Å²) in [6.07, 6.45) is 0.369. The average molecular weight is 429 g/mol. The van der Waals surface area contributed by atoms with Crippen LogP contribution in [0.4, 0.5) is 0 Å². The SMILES string of the molecule is CC(C)(C)C(CCO)NS(=O)(=O)c1cc(Br)ccc1Br. The molecule has 0 spiro atoms. The summed E-state index contributed by atoms with van der Waals surface area (Å²) in [6, 6.07) is 4.64. The van der Waals surface area contributed by atoms with Gasteiger partial charge in [-0.15, -0.1) is 0 Å². The number of halogens is 2. The van der Waals surface area contributed by atoms with Gasteiger partial charge in [-0.1, -0.05) is 36.7 Å². The Kier molecular flexibility index (Phi) is 6.22. The first-order chi connectivity index (χ1) is 9.08. The lowest BCUT2D eigenvalue weighted by molar-refractivity contribution is 0.214. The molecule has 2 N–H and O–H groups in total. The van der Waals surface area contributed by atoms with Crippen molar-refractivity contribution in [2.75, 3.05) is 6.61 Å². The second-order valence-corrected chi connectivity index (χ2v) is 9.08. The van der Waals surface area contributed by atoms with Crippen molar-refractivity contribution in [3.05, 3.63) is 27.1 Å². The summed E-state index contributed by atoms with van der Waals surface area (Å²) in [4.78, 5) is 0.180. The largest absolute Gasteiger partial charge is 0.396 e. The molecule has 0 amide bonds. The molecular formula is C13H19Br2NO3S. The van der Waals surface area contributed by atoms with Crippen LogP contribution in [0.2, 0.25) is 0 Å². The van der Waals surface area contributed by atoms with Gasteiger partial charge in [0.15, 0.2) is 0 Å². The lowest BCUT2D eigenvalue weighted by Gasteiger charge is -2.31. The predicted octanol–water partition coefficient (Wildman–Crippen LogP) is 3.29. The van der Waals surface area contributed by atoms with Crippen molar-refractivity contribution in [1.82, 2.24) is 4.72 Å². The van der Waals surface area contributed by atoms with Crippen molar-refractivity contribution in [1.29, 1.82) is 0 Å². The van der Waals surface area contributed by atoms with Crippen molar-refractivity contribution in [2.45, 2.75) is 38.1 Å². The smallest absolute Gasteiger partial charge is 0.242 e. The molecule has 4 nitrogen and oxygen atoms in total. The van der Waals surface area contributed by atoms with E-state index in [9.17, 15) is 8.42 Å². The summed E-state index contributed by atoms with van der Waals surface area (Å²) in [5.74, 6) is 0. The molecule has 0 fully saturated rings. The van der Waals surface area contributed by atoms with E-state index in [1.54, 1.807) is 18.2 Å². The Morgan fingerprint density at radius 2 is 1.90 bits per heavy atom. The molecular weight excluding hydrogens is 410 g/mol. The zero-order valence-corrected chi connectivity index (χ0v) is 15.6. The minimum Gasteiger partial charge on any atom is -0.396 e. The van der Waals surface area contributed by atoms with Crippen LogP contribution in [0.25, 0.3) is 0 Å². The Hall–Kier alpha value is 0.0500. The van der Waals surface area contributed by atoms with Crippen molar-refractivity contribution in [3.8, 4) is 0 Å². The van der Waals surface area contributed by atoms with Gasteiger partial charge in [0.1, 0.15) is 0 Å². The van der Waals surface area contributed by atoms with Gasteiger partial charge in [0.25, 0.3) is 0 Å². The van der Waals surface area contributed by atoms with Gasteiger partial charge in [-0.3, -0.25) is 0 Å². The highest BCUT2D eigenvalue weighted by Crippen LogP contribution is 2.28. The Morgan fingerprint density at radius 3 is 2.40 bits per heavy atom. The van der Waals surface area contributed by atoms with E-state index < -0.39 is 10.0 Å². The van der Waals surface area contributed by atoms with E-state index in [0.29, 0.717) is 15.4 Å². The van der Waals surface area contributed by atoms with Crippen molar-refractivity contribution in [2.24, 2.45) is 5.41 Å². The first-order valence-corrected chi connectivity index (χ1v) is 9.23. The number of aliphatic hydroxyl groups excluding tert-OH is 1. The molecule has 1 aromatic carbocycles. The average Bonchev–Trinajstić information content (AvgIpc) is 2.30. The molecule has 0 saturated carbocycles. The lowest BCUT2D eigenvalue weighted by atomic mass is 9.86. The number of sulfonamides is 1. The minimum atomic E-state index is -3.66. The normalized spacial score (nSPS) is 14.3. The van der Waals surface area contributed by atoms with E-state index in [-0.39, 0.29) is 23.0 Å². The molecule has 1 atom stereocenters. The highest BCUT2D eigenvalue weighted by molar-refractivity contribution is 9.11. The molecule has 0 radical (unpaired) electrons. The van der Waals surface area contributed by atoms with Gasteiger partial charge in [0, 0.05) is 21.6 Å². The molecule has 114 valence electrons. The number of rotatable bonds is 5. The topological polar surface area (TPSA) is 66.4 Å². The summed E-state index contributed by atoms with van der Waals surface area (Å²) in [7, 11) is -3.66. The number of hydrogen-bond acceptors (Lipinski definition) is 3. The molecule has 0 heterocycles. The van der Waals surface area contributed by atoms with E-state index in [4.69, 9.17) is 5.11 Å². The molecule has 0 saturated heterocycles. The summed E-state index contributed by atoms with van der Waals surface area (Å²) in [5.41, 5.74) is -0.283. The standard InChI is InChI=1S/C13H19Br2NO3S/c1-13(2,3)12(6-7-17)16-20(18,19)11-8-9(14)4-5-10(11)15/h4-5,8,12,16-17H,6-7H2,1-3H3. The molecule has 0 aliphatic rings. The second kappa shape index (κ2) is 6.87. The van der Waals surface area contributed by atoms with E-state index in [1.165, 1.54) is 0 Å². The third-order valence-electron chi connectivity index (χ3n) is 2.94. The quantitative estimate of drug-likeness (QED) is 0.756. The van der Waals surface area contributed by atoms with Crippen molar-refractivity contribution in [3.63, 3.8) is 0 Å². The fourth-order valence-electron chi connectivity index (χ4n) is 1.73. The van der Waals surface area contributed by atoms with Crippen LogP contribution >= 0.6 is 31.9 Å². The molecule has 7 heteroatoms. The van der Waals surface area contributed by atoms with Gasteiger partial charge < -0.3 is 5.11 Å². The zero-order valence-electron chi connectivity index (χ0n) is 11.7. The molecule has 1 aromatic rings. The van der Waals surface area contributed by atoms with Crippen LogP contribution in [0.5, 0.6) is 0 Å². The molecule has 1 unspecified atom stereocenters. The monoisotopic (exact) mass is 427 g/mol. The Bertz CT molecular complexity index is 567. The van der Waals surface area contributed by atoms with Gasteiger partial charge in [0.2, 0.25) is 10.0 Å². The van der Waals surface area contributed by atoms with Crippen molar-refractivity contribution < 1.29 is 13.5 Å². The Morgan fingerprint density at radius 1 is 1.30 bits per heavy atom. The maximum absolute atomic E-state index is 12.5. The fourth-order valence-corrected chi connectivity index (χ4v) is 4.71. The van der Waals surface area contributed by atoms with Gasteiger partial charge >= 0.3 is 0 Å². The minimum absolute atomic E-state index is 0.0654. The van der Waals surface area contributed by atoms with Crippen molar-refractivity contribution >= 4 is 41.9 Å². The van der Waals surface area contributed by atoms with Crippen LogP contribution in [0, 0.1) is 5.41 Å². The molecule has 1 rings (SSSR count). The first kappa shape index (κ1) is 18.1. The maximum atomic E-state index is 12.5. The third-order valence-corrected chi connectivity index (χ3v) is 5.90. The number of nitrogens with one attached hydrogen (secondary N) is 1.